The Hall–Kier alpha value is -1.28. The summed E-state index contributed by atoms with van der Waals surface area (Å²) in [5, 5.41) is 17.0. The molecule has 2 aliphatic rings. The summed E-state index contributed by atoms with van der Waals surface area (Å²) in [4.78, 5) is 4.40. The molecule has 2 N–H and O–H groups in total. The van der Waals surface area contributed by atoms with Crippen LogP contribution in [0.2, 0.25) is 0 Å². The minimum Gasteiger partial charge on any atom is -0.385 e. The molecule has 0 amide bonds. The Bertz CT molecular complexity index is 652. The van der Waals surface area contributed by atoms with Crippen LogP contribution in [0.1, 0.15) is 69.7 Å². The quantitative estimate of drug-likeness (QED) is 0.246. The van der Waals surface area contributed by atoms with Crippen molar-refractivity contribution in [3.8, 4) is 0 Å². The first kappa shape index (κ1) is 22.4. The first-order valence-electron chi connectivity index (χ1n) is 11.1. The van der Waals surface area contributed by atoms with E-state index in [-0.39, 0.29) is 0 Å². The summed E-state index contributed by atoms with van der Waals surface area (Å²) < 4.78 is 7.70. The molecule has 0 atom stereocenters. The van der Waals surface area contributed by atoms with Crippen LogP contribution in [0.5, 0.6) is 0 Å². The van der Waals surface area contributed by atoms with E-state index in [0.29, 0.717) is 11.5 Å². The lowest BCUT2D eigenvalue weighted by molar-refractivity contribution is 0.0732. The van der Waals surface area contributed by atoms with Gasteiger partial charge in [-0.15, -0.1) is 10.2 Å². The van der Waals surface area contributed by atoms with E-state index in [4.69, 9.17) is 4.74 Å². The van der Waals surface area contributed by atoms with Gasteiger partial charge in [-0.3, -0.25) is 4.99 Å². The van der Waals surface area contributed by atoms with Crippen LogP contribution in [0.25, 0.3) is 0 Å². The fourth-order valence-electron chi connectivity index (χ4n) is 4.60. The third-order valence-corrected chi connectivity index (χ3v) is 7.23. The normalized spacial score (nSPS) is 19.3. The van der Waals surface area contributed by atoms with Gasteiger partial charge in [0.25, 0.3) is 0 Å². The number of nitrogens with zero attached hydrogens (tertiary/aromatic N) is 4. The van der Waals surface area contributed by atoms with Crippen LogP contribution in [0.15, 0.2) is 10.1 Å². The van der Waals surface area contributed by atoms with E-state index in [2.05, 4.69) is 36.6 Å². The Balaban J connectivity index is 1.43. The number of hydrogen-bond acceptors (Lipinski definition) is 5. The molecular formula is C21H38N6OS. The third-order valence-electron chi connectivity index (χ3n) is 6.58. The predicted molar refractivity (Wildman–Crippen MR) is 120 cm³/mol. The standard InChI is InChI=1S/C21H38N6OS/c1-22-19(24-16-21(11-7-12-21)13-15-28-2)23-14-6-10-18-25-26-20(29-3)27(18)17-8-4-5-9-17/h17H,4-16H2,1-3H3,(H2,22,23,24). The molecule has 3 rings (SSSR count). The second-order valence-electron chi connectivity index (χ2n) is 8.46. The Morgan fingerprint density at radius 2 is 2.03 bits per heavy atom. The van der Waals surface area contributed by atoms with Crippen molar-refractivity contribution < 1.29 is 4.74 Å². The van der Waals surface area contributed by atoms with E-state index in [1.807, 2.05) is 7.05 Å². The van der Waals surface area contributed by atoms with Crippen LogP contribution < -0.4 is 10.6 Å². The van der Waals surface area contributed by atoms with Gasteiger partial charge in [0, 0.05) is 46.3 Å². The summed E-state index contributed by atoms with van der Waals surface area (Å²) in [6, 6.07) is 0.593. The molecule has 0 aromatic carbocycles. The molecule has 1 heterocycles. The summed E-state index contributed by atoms with van der Waals surface area (Å²) in [5.74, 6) is 2.04. The largest absolute Gasteiger partial charge is 0.385 e. The summed E-state index contributed by atoms with van der Waals surface area (Å²) in [6.45, 7) is 2.70. The first-order chi connectivity index (χ1) is 14.2. The molecule has 8 heteroatoms. The van der Waals surface area contributed by atoms with Crippen LogP contribution in [-0.4, -0.2) is 60.8 Å². The lowest BCUT2D eigenvalue weighted by Crippen LogP contribution is -2.47. The molecule has 29 heavy (non-hydrogen) atoms. The molecule has 1 aromatic rings. The zero-order valence-corrected chi connectivity index (χ0v) is 19.2. The topological polar surface area (TPSA) is 76.4 Å². The number of nitrogens with one attached hydrogen (secondary N) is 2. The molecular weight excluding hydrogens is 384 g/mol. The monoisotopic (exact) mass is 422 g/mol. The van der Waals surface area contributed by atoms with E-state index in [1.54, 1.807) is 18.9 Å². The lowest BCUT2D eigenvalue weighted by Gasteiger charge is -2.42. The van der Waals surface area contributed by atoms with Crippen molar-refractivity contribution in [2.45, 2.75) is 75.4 Å². The Kier molecular flexibility index (Phi) is 8.66. The van der Waals surface area contributed by atoms with Gasteiger partial charge < -0.3 is 19.9 Å². The zero-order valence-electron chi connectivity index (χ0n) is 18.4. The van der Waals surface area contributed by atoms with Gasteiger partial charge in [0.2, 0.25) is 0 Å². The Labute approximate surface area is 179 Å². The number of aromatic nitrogens is 3. The first-order valence-corrected chi connectivity index (χ1v) is 12.3. The minimum absolute atomic E-state index is 0.388. The van der Waals surface area contributed by atoms with Crippen LogP contribution in [0.3, 0.4) is 0 Å². The summed E-state index contributed by atoms with van der Waals surface area (Å²) in [5.41, 5.74) is 0.388. The fourth-order valence-corrected chi connectivity index (χ4v) is 5.18. The smallest absolute Gasteiger partial charge is 0.191 e. The van der Waals surface area contributed by atoms with E-state index in [0.717, 1.165) is 55.9 Å². The molecule has 0 spiro atoms. The second kappa shape index (κ2) is 11.2. The van der Waals surface area contributed by atoms with Gasteiger partial charge in [-0.2, -0.15) is 0 Å². The number of guanidine groups is 1. The summed E-state index contributed by atoms with van der Waals surface area (Å²) in [6.07, 6.45) is 14.3. The van der Waals surface area contributed by atoms with Crippen molar-refractivity contribution in [3.63, 3.8) is 0 Å². The molecule has 164 valence electrons. The highest BCUT2D eigenvalue weighted by molar-refractivity contribution is 7.98. The highest BCUT2D eigenvalue weighted by Crippen LogP contribution is 2.43. The molecule has 2 aliphatic carbocycles. The highest BCUT2D eigenvalue weighted by atomic mass is 32.2. The predicted octanol–water partition coefficient (Wildman–Crippen LogP) is 3.42. The van der Waals surface area contributed by atoms with Gasteiger partial charge in [0.15, 0.2) is 11.1 Å². The molecule has 0 radical (unpaired) electrons. The highest BCUT2D eigenvalue weighted by Gasteiger charge is 2.36. The average Bonchev–Trinajstić information content (AvgIpc) is 3.37. The van der Waals surface area contributed by atoms with Gasteiger partial charge in [-0.25, -0.2) is 0 Å². The number of hydrogen-bond donors (Lipinski definition) is 2. The van der Waals surface area contributed by atoms with Gasteiger partial charge in [-0.05, 0) is 50.2 Å². The van der Waals surface area contributed by atoms with Gasteiger partial charge >= 0.3 is 0 Å². The van der Waals surface area contributed by atoms with Crippen molar-refractivity contribution in [2.75, 3.05) is 40.1 Å². The van der Waals surface area contributed by atoms with Crippen molar-refractivity contribution in [2.24, 2.45) is 10.4 Å². The molecule has 0 saturated heterocycles. The summed E-state index contributed by atoms with van der Waals surface area (Å²) in [7, 11) is 3.63. The Morgan fingerprint density at radius 3 is 2.66 bits per heavy atom. The number of rotatable bonds is 11. The van der Waals surface area contributed by atoms with E-state index >= 15 is 0 Å². The number of aryl methyl sites for hydroxylation is 1. The van der Waals surface area contributed by atoms with E-state index in [9.17, 15) is 0 Å². The number of thioether (sulfide) groups is 1. The molecule has 0 aliphatic heterocycles. The van der Waals surface area contributed by atoms with Crippen LogP contribution in [0, 0.1) is 5.41 Å². The maximum atomic E-state index is 5.30. The molecule has 2 saturated carbocycles. The maximum Gasteiger partial charge on any atom is 0.191 e. The molecule has 1 aromatic heterocycles. The molecule has 0 bridgehead atoms. The number of methoxy groups -OCH3 is 1. The fraction of sp³-hybridized carbons (Fsp3) is 0.857. The number of aliphatic imine (C=N–C) groups is 1. The van der Waals surface area contributed by atoms with Crippen LogP contribution >= 0.6 is 11.8 Å². The van der Waals surface area contributed by atoms with Crippen LogP contribution in [0.4, 0.5) is 0 Å². The van der Waals surface area contributed by atoms with Crippen molar-refractivity contribution in [1.82, 2.24) is 25.4 Å². The van der Waals surface area contributed by atoms with Crippen molar-refractivity contribution in [1.29, 1.82) is 0 Å². The average molecular weight is 423 g/mol. The van der Waals surface area contributed by atoms with E-state index < -0.39 is 0 Å². The van der Waals surface area contributed by atoms with Crippen LogP contribution in [-0.2, 0) is 11.2 Å². The lowest BCUT2D eigenvalue weighted by atomic mass is 9.67. The maximum absolute atomic E-state index is 5.30. The molecule has 2 fully saturated rings. The Morgan fingerprint density at radius 1 is 1.24 bits per heavy atom. The minimum atomic E-state index is 0.388. The third kappa shape index (κ3) is 5.87. The van der Waals surface area contributed by atoms with Gasteiger partial charge in [0.1, 0.15) is 5.82 Å². The van der Waals surface area contributed by atoms with Gasteiger partial charge in [0.05, 0.1) is 0 Å². The van der Waals surface area contributed by atoms with E-state index in [1.165, 1.54) is 44.9 Å². The summed E-state index contributed by atoms with van der Waals surface area (Å²) >= 11 is 1.71. The van der Waals surface area contributed by atoms with Crippen molar-refractivity contribution in [3.05, 3.63) is 5.82 Å². The molecule has 7 nitrogen and oxygen atoms in total. The van der Waals surface area contributed by atoms with Gasteiger partial charge in [-0.1, -0.05) is 31.0 Å². The molecule has 0 unspecified atom stereocenters. The second-order valence-corrected chi connectivity index (χ2v) is 9.24. The van der Waals surface area contributed by atoms with Crippen molar-refractivity contribution >= 4 is 17.7 Å². The number of ether oxygens (including phenoxy) is 1. The zero-order chi connectivity index (χ0) is 20.5. The SMILES string of the molecule is CN=C(NCCCc1nnc(SC)n1C1CCCC1)NCC1(CCOC)CCC1.